The first-order valence-electron chi connectivity index (χ1n) is 4.31. The zero-order valence-electron chi connectivity index (χ0n) is 7.81. The van der Waals surface area contributed by atoms with Gasteiger partial charge in [0, 0.05) is 18.6 Å². The predicted octanol–water partition coefficient (Wildman–Crippen LogP) is 1.92. The van der Waals surface area contributed by atoms with E-state index in [4.69, 9.17) is 0 Å². The van der Waals surface area contributed by atoms with Gasteiger partial charge in [-0.1, -0.05) is 0 Å². The number of anilines is 2. The summed E-state index contributed by atoms with van der Waals surface area (Å²) in [6.07, 6.45) is 5.12. The molecule has 2 aromatic heterocycles. The van der Waals surface area contributed by atoms with Crippen LogP contribution in [0.2, 0.25) is 0 Å². The van der Waals surface area contributed by atoms with Gasteiger partial charge in [0.05, 0.1) is 0 Å². The molecule has 0 aliphatic heterocycles. The molecule has 0 aliphatic carbocycles. The predicted molar refractivity (Wildman–Crippen MR) is 54.3 cm³/mol. The smallest absolute Gasteiger partial charge is 0.228 e. The minimum atomic E-state index is 0.561. The zero-order chi connectivity index (χ0) is 9.80. The maximum Gasteiger partial charge on any atom is 0.228 e. The molecule has 0 aromatic carbocycles. The van der Waals surface area contributed by atoms with Gasteiger partial charge >= 0.3 is 0 Å². The first-order valence-corrected chi connectivity index (χ1v) is 4.31. The quantitative estimate of drug-likeness (QED) is 0.778. The topological polar surface area (TPSA) is 50.7 Å². The molecule has 2 rings (SSSR count). The van der Waals surface area contributed by atoms with Gasteiger partial charge in [-0.15, -0.1) is 0 Å². The molecule has 2 heterocycles. The van der Waals surface area contributed by atoms with Gasteiger partial charge in [0.1, 0.15) is 5.82 Å². The molecule has 0 saturated heterocycles. The minimum absolute atomic E-state index is 0.561. The Morgan fingerprint density at radius 3 is 2.57 bits per heavy atom. The van der Waals surface area contributed by atoms with Gasteiger partial charge in [0.25, 0.3) is 0 Å². The lowest BCUT2D eigenvalue weighted by molar-refractivity contribution is 1.14. The highest BCUT2D eigenvalue weighted by molar-refractivity contribution is 5.47. The van der Waals surface area contributed by atoms with Crippen LogP contribution in [-0.4, -0.2) is 15.0 Å². The van der Waals surface area contributed by atoms with Crippen molar-refractivity contribution in [2.24, 2.45) is 0 Å². The van der Waals surface area contributed by atoms with Crippen LogP contribution in [0.4, 0.5) is 11.8 Å². The lowest BCUT2D eigenvalue weighted by atomic mass is 10.3. The summed E-state index contributed by atoms with van der Waals surface area (Å²) in [5, 5.41) is 3.01. The summed E-state index contributed by atoms with van der Waals surface area (Å²) in [4.78, 5) is 12.2. The molecule has 0 aliphatic rings. The highest BCUT2D eigenvalue weighted by Gasteiger charge is 1.96. The number of nitrogens with one attached hydrogen (secondary N) is 1. The van der Waals surface area contributed by atoms with E-state index in [1.807, 2.05) is 19.1 Å². The molecule has 14 heavy (non-hydrogen) atoms. The molecule has 0 spiro atoms. The molecule has 0 unspecified atom stereocenters. The number of nitrogens with zero attached hydrogens (tertiary/aromatic N) is 3. The molecule has 4 nitrogen and oxygen atoms in total. The van der Waals surface area contributed by atoms with Crippen LogP contribution in [-0.2, 0) is 0 Å². The Hall–Kier alpha value is -1.97. The van der Waals surface area contributed by atoms with Crippen molar-refractivity contribution in [1.82, 2.24) is 15.0 Å². The summed E-state index contributed by atoms with van der Waals surface area (Å²) in [6, 6.07) is 5.66. The average Bonchev–Trinajstić information content (AvgIpc) is 2.19. The van der Waals surface area contributed by atoms with Gasteiger partial charge in [-0.3, -0.25) is 0 Å². The molecule has 0 amide bonds. The summed E-state index contributed by atoms with van der Waals surface area (Å²) in [5.41, 5.74) is 1.15. The van der Waals surface area contributed by atoms with Crippen LogP contribution in [0.15, 0.2) is 36.8 Å². The molecule has 1 N–H and O–H groups in total. The van der Waals surface area contributed by atoms with Gasteiger partial charge in [-0.2, -0.15) is 0 Å². The van der Waals surface area contributed by atoms with Crippen molar-refractivity contribution in [3.63, 3.8) is 0 Å². The fourth-order valence-electron chi connectivity index (χ4n) is 1.08. The standard InChI is InChI=1S/C10H10N4/c1-8-3-6-11-9(7-8)14-10-12-4-2-5-13-10/h2-7H,1H3,(H,11,12,13,14). The van der Waals surface area contributed by atoms with Crippen LogP contribution in [0, 0.1) is 6.92 Å². The Labute approximate surface area is 82.1 Å². The number of pyridine rings is 1. The molecular weight excluding hydrogens is 176 g/mol. The summed E-state index contributed by atoms with van der Waals surface area (Å²) >= 11 is 0. The maximum atomic E-state index is 4.14. The summed E-state index contributed by atoms with van der Waals surface area (Å²) in [5.74, 6) is 1.32. The van der Waals surface area contributed by atoms with E-state index in [2.05, 4.69) is 20.3 Å². The molecule has 0 atom stereocenters. The van der Waals surface area contributed by atoms with E-state index in [1.165, 1.54) is 0 Å². The Morgan fingerprint density at radius 2 is 1.86 bits per heavy atom. The van der Waals surface area contributed by atoms with Gasteiger partial charge in [0.15, 0.2) is 0 Å². The molecule has 0 fully saturated rings. The Bertz CT molecular complexity index is 413. The van der Waals surface area contributed by atoms with E-state index in [0.717, 1.165) is 11.4 Å². The number of aryl methyl sites for hydroxylation is 1. The van der Waals surface area contributed by atoms with E-state index in [-0.39, 0.29) is 0 Å². The fourth-order valence-corrected chi connectivity index (χ4v) is 1.08. The van der Waals surface area contributed by atoms with Crippen molar-refractivity contribution in [3.8, 4) is 0 Å². The first kappa shape index (κ1) is 8.62. The fraction of sp³-hybridized carbons (Fsp3) is 0.100. The van der Waals surface area contributed by atoms with E-state index < -0.39 is 0 Å². The number of rotatable bonds is 2. The third-order valence-electron chi connectivity index (χ3n) is 1.72. The van der Waals surface area contributed by atoms with Crippen molar-refractivity contribution >= 4 is 11.8 Å². The summed E-state index contributed by atoms with van der Waals surface area (Å²) in [7, 11) is 0. The minimum Gasteiger partial charge on any atom is -0.309 e. The monoisotopic (exact) mass is 186 g/mol. The number of aromatic nitrogens is 3. The molecule has 0 saturated carbocycles. The molecule has 0 bridgehead atoms. The van der Waals surface area contributed by atoms with Crippen molar-refractivity contribution in [3.05, 3.63) is 42.4 Å². The zero-order valence-corrected chi connectivity index (χ0v) is 7.81. The van der Waals surface area contributed by atoms with Crippen molar-refractivity contribution in [2.75, 3.05) is 5.32 Å². The Balaban J connectivity index is 2.19. The van der Waals surface area contributed by atoms with Crippen LogP contribution in [0.1, 0.15) is 5.56 Å². The molecule has 70 valence electrons. The van der Waals surface area contributed by atoms with Crippen LogP contribution in [0.3, 0.4) is 0 Å². The van der Waals surface area contributed by atoms with Gasteiger partial charge in [0.2, 0.25) is 5.95 Å². The summed E-state index contributed by atoms with van der Waals surface area (Å²) in [6.45, 7) is 2.01. The largest absolute Gasteiger partial charge is 0.309 e. The number of hydrogen-bond acceptors (Lipinski definition) is 4. The highest BCUT2D eigenvalue weighted by atomic mass is 15.1. The van der Waals surface area contributed by atoms with E-state index in [1.54, 1.807) is 24.7 Å². The second-order valence-electron chi connectivity index (χ2n) is 2.92. The Morgan fingerprint density at radius 1 is 1.07 bits per heavy atom. The summed E-state index contributed by atoms with van der Waals surface area (Å²) < 4.78 is 0. The Kier molecular flexibility index (Phi) is 2.36. The number of hydrogen-bond donors (Lipinski definition) is 1. The third-order valence-corrected chi connectivity index (χ3v) is 1.72. The molecule has 2 aromatic rings. The molecule has 4 heteroatoms. The maximum absolute atomic E-state index is 4.14. The van der Waals surface area contributed by atoms with Gasteiger partial charge in [-0.25, -0.2) is 15.0 Å². The van der Waals surface area contributed by atoms with Crippen LogP contribution >= 0.6 is 0 Å². The third kappa shape index (κ3) is 2.04. The first-order chi connectivity index (χ1) is 6.84. The van der Waals surface area contributed by atoms with E-state index >= 15 is 0 Å². The van der Waals surface area contributed by atoms with Crippen LogP contribution in [0.25, 0.3) is 0 Å². The highest BCUT2D eigenvalue weighted by Crippen LogP contribution is 2.09. The lowest BCUT2D eigenvalue weighted by Gasteiger charge is -2.02. The average molecular weight is 186 g/mol. The second-order valence-corrected chi connectivity index (χ2v) is 2.92. The van der Waals surface area contributed by atoms with Crippen molar-refractivity contribution < 1.29 is 0 Å². The van der Waals surface area contributed by atoms with Crippen LogP contribution in [0.5, 0.6) is 0 Å². The molecular formula is C10H10N4. The van der Waals surface area contributed by atoms with Gasteiger partial charge < -0.3 is 5.32 Å². The molecule has 0 radical (unpaired) electrons. The van der Waals surface area contributed by atoms with E-state index in [9.17, 15) is 0 Å². The SMILES string of the molecule is Cc1ccnc(Nc2ncccn2)c1. The lowest BCUT2D eigenvalue weighted by Crippen LogP contribution is -1.97. The van der Waals surface area contributed by atoms with Crippen molar-refractivity contribution in [2.45, 2.75) is 6.92 Å². The second kappa shape index (κ2) is 3.83. The van der Waals surface area contributed by atoms with Gasteiger partial charge in [-0.05, 0) is 30.7 Å². The van der Waals surface area contributed by atoms with Crippen LogP contribution < -0.4 is 5.32 Å². The van der Waals surface area contributed by atoms with E-state index in [0.29, 0.717) is 5.95 Å². The normalized spacial score (nSPS) is 9.79. The van der Waals surface area contributed by atoms with Crippen molar-refractivity contribution in [1.29, 1.82) is 0 Å².